The van der Waals surface area contributed by atoms with E-state index in [0.717, 1.165) is 11.3 Å². The zero-order valence-corrected chi connectivity index (χ0v) is 13.4. The van der Waals surface area contributed by atoms with Crippen LogP contribution in [-0.4, -0.2) is 33.1 Å². The van der Waals surface area contributed by atoms with E-state index in [2.05, 4.69) is 5.16 Å². The van der Waals surface area contributed by atoms with Crippen LogP contribution in [0.4, 0.5) is 0 Å². The summed E-state index contributed by atoms with van der Waals surface area (Å²) in [5.74, 6) is 2.20. The highest BCUT2D eigenvalue weighted by Crippen LogP contribution is 2.27. The molecule has 0 amide bonds. The molecule has 5 heteroatoms. The Morgan fingerprint density at radius 1 is 0.957 bits per heavy atom. The molecule has 0 heterocycles. The molecule has 0 atom stereocenters. The van der Waals surface area contributed by atoms with E-state index in [1.807, 2.05) is 55.5 Å². The van der Waals surface area contributed by atoms with E-state index in [9.17, 15) is 0 Å². The van der Waals surface area contributed by atoms with Crippen LogP contribution >= 0.6 is 0 Å². The Hall–Kier alpha value is -2.69. The van der Waals surface area contributed by atoms with Crippen LogP contribution in [0.25, 0.3) is 0 Å². The van der Waals surface area contributed by atoms with Crippen molar-refractivity contribution in [1.29, 1.82) is 0 Å². The van der Waals surface area contributed by atoms with Crippen LogP contribution in [0.15, 0.2) is 53.7 Å². The Morgan fingerprint density at radius 2 is 1.78 bits per heavy atom. The fourth-order valence-corrected chi connectivity index (χ4v) is 1.90. The van der Waals surface area contributed by atoms with Crippen molar-refractivity contribution < 1.29 is 19.0 Å². The number of para-hydroxylation sites is 1. The third-order valence-electron chi connectivity index (χ3n) is 2.95. The highest BCUT2D eigenvalue weighted by Gasteiger charge is 2.03. The first-order valence-electron chi connectivity index (χ1n) is 7.47. The molecular formula is C18H21NO4. The number of hydrogen-bond acceptors (Lipinski definition) is 5. The van der Waals surface area contributed by atoms with E-state index >= 15 is 0 Å². The molecule has 0 aliphatic rings. The second-order valence-corrected chi connectivity index (χ2v) is 4.57. The zero-order chi connectivity index (χ0) is 16.3. The lowest BCUT2D eigenvalue weighted by Crippen LogP contribution is -2.04. The summed E-state index contributed by atoms with van der Waals surface area (Å²) in [6.45, 7) is 3.34. The second kappa shape index (κ2) is 9.35. The molecule has 0 saturated heterocycles. The molecule has 122 valence electrons. The molecule has 5 nitrogen and oxygen atoms in total. The number of rotatable bonds is 9. The van der Waals surface area contributed by atoms with Crippen molar-refractivity contribution in [2.45, 2.75) is 6.92 Å². The number of ether oxygens (including phenoxy) is 3. The van der Waals surface area contributed by atoms with Crippen molar-refractivity contribution in [3.8, 4) is 17.2 Å². The van der Waals surface area contributed by atoms with Gasteiger partial charge in [0, 0.05) is 5.56 Å². The van der Waals surface area contributed by atoms with Gasteiger partial charge < -0.3 is 19.0 Å². The van der Waals surface area contributed by atoms with Gasteiger partial charge in [0.05, 0.1) is 19.9 Å². The molecule has 2 rings (SSSR count). The molecule has 0 unspecified atom stereocenters. The number of nitrogens with zero attached hydrogens (tertiary/aromatic N) is 1. The van der Waals surface area contributed by atoms with Gasteiger partial charge in [0.15, 0.2) is 18.1 Å². The Bertz CT molecular complexity index is 614. The minimum atomic E-state index is 0.375. The van der Waals surface area contributed by atoms with Crippen molar-refractivity contribution in [2.24, 2.45) is 5.16 Å². The summed E-state index contributed by atoms with van der Waals surface area (Å²) in [4.78, 5) is 5.18. The monoisotopic (exact) mass is 315 g/mol. The molecule has 0 saturated carbocycles. The van der Waals surface area contributed by atoms with Gasteiger partial charge in [-0.2, -0.15) is 0 Å². The van der Waals surface area contributed by atoms with Gasteiger partial charge in [-0.15, -0.1) is 0 Å². The highest BCUT2D eigenvalue weighted by molar-refractivity contribution is 5.80. The van der Waals surface area contributed by atoms with Crippen LogP contribution in [0.5, 0.6) is 17.2 Å². The van der Waals surface area contributed by atoms with Crippen molar-refractivity contribution >= 4 is 6.21 Å². The third kappa shape index (κ3) is 5.54. The van der Waals surface area contributed by atoms with Gasteiger partial charge in [-0.1, -0.05) is 23.4 Å². The van der Waals surface area contributed by atoms with Crippen LogP contribution in [0.3, 0.4) is 0 Å². The molecule has 0 spiro atoms. The van der Waals surface area contributed by atoms with Gasteiger partial charge in [-0.3, -0.25) is 0 Å². The largest absolute Gasteiger partial charge is 0.493 e. The lowest BCUT2D eigenvalue weighted by molar-refractivity contribution is 0.108. The lowest BCUT2D eigenvalue weighted by Gasteiger charge is -2.09. The predicted molar refractivity (Wildman–Crippen MR) is 89.6 cm³/mol. The van der Waals surface area contributed by atoms with Crippen LogP contribution in [-0.2, 0) is 4.84 Å². The summed E-state index contributed by atoms with van der Waals surface area (Å²) >= 11 is 0. The van der Waals surface area contributed by atoms with Gasteiger partial charge in [-0.05, 0) is 37.3 Å². The van der Waals surface area contributed by atoms with Gasteiger partial charge in [-0.25, -0.2) is 0 Å². The van der Waals surface area contributed by atoms with Crippen LogP contribution in [0.2, 0.25) is 0 Å². The molecule has 0 bridgehead atoms. The molecule has 0 fully saturated rings. The maximum Gasteiger partial charge on any atom is 0.161 e. The molecule has 0 aliphatic heterocycles. The first-order chi connectivity index (χ1) is 11.3. The number of methoxy groups -OCH3 is 1. The van der Waals surface area contributed by atoms with E-state index in [0.29, 0.717) is 31.3 Å². The summed E-state index contributed by atoms with van der Waals surface area (Å²) in [5.41, 5.74) is 0.870. The summed E-state index contributed by atoms with van der Waals surface area (Å²) in [6, 6.07) is 15.2. The van der Waals surface area contributed by atoms with E-state index < -0.39 is 0 Å². The minimum absolute atomic E-state index is 0.375. The van der Waals surface area contributed by atoms with E-state index in [1.54, 1.807) is 13.3 Å². The average Bonchev–Trinajstić information content (AvgIpc) is 2.60. The zero-order valence-electron chi connectivity index (χ0n) is 13.4. The van der Waals surface area contributed by atoms with Gasteiger partial charge in [0.25, 0.3) is 0 Å². The van der Waals surface area contributed by atoms with Gasteiger partial charge in [0.2, 0.25) is 0 Å². The van der Waals surface area contributed by atoms with Crippen LogP contribution < -0.4 is 14.2 Å². The first-order valence-corrected chi connectivity index (χ1v) is 7.47. The SMILES string of the molecule is CCOc1ccc(/C=N/OCCOc2ccccc2)cc1OC. The molecule has 0 radical (unpaired) electrons. The van der Waals surface area contributed by atoms with Crippen molar-refractivity contribution in [3.63, 3.8) is 0 Å². The minimum Gasteiger partial charge on any atom is -0.493 e. The van der Waals surface area contributed by atoms with Gasteiger partial charge in [0.1, 0.15) is 12.4 Å². The highest BCUT2D eigenvalue weighted by atomic mass is 16.6. The predicted octanol–water partition coefficient (Wildman–Crippen LogP) is 3.52. The van der Waals surface area contributed by atoms with Crippen LogP contribution in [0, 0.1) is 0 Å². The molecule has 2 aromatic rings. The maximum absolute atomic E-state index is 5.50. The summed E-state index contributed by atoms with van der Waals surface area (Å²) in [6.07, 6.45) is 1.63. The molecule has 0 aromatic heterocycles. The topological polar surface area (TPSA) is 49.3 Å². The Morgan fingerprint density at radius 3 is 2.52 bits per heavy atom. The molecular weight excluding hydrogens is 294 g/mol. The van der Waals surface area contributed by atoms with Crippen molar-refractivity contribution in [3.05, 3.63) is 54.1 Å². The fraction of sp³-hybridized carbons (Fsp3) is 0.278. The number of oxime groups is 1. The fourth-order valence-electron chi connectivity index (χ4n) is 1.90. The van der Waals surface area contributed by atoms with E-state index in [-0.39, 0.29) is 0 Å². The third-order valence-corrected chi connectivity index (χ3v) is 2.95. The Kier molecular flexibility index (Phi) is 6.78. The number of hydrogen-bond donors (Lipinski definition) is 0. The maximum atomic E-state index is 5.50. The second-order valence-electron chi connectivity index (χ2n) is 4.57. The number of benzene rings is 2. The van der Waals surface area contributed by atoms with Gasteiger partial charge >= 0.3 is 0 Å². The van der Waals surface area contributed by atoms with E-state index in [1.165, 1.54) is 0 Å². The Balaban J connectivity index is 1.77. The molecule has 2 aromatic carbocycles. The molecule has 23 heavy (non-hydrogen) atoms. The quantitative estimate of drug-likeness (QED) is 0.403. The molecule has 0 aliphatic carbocycles. The first kappa shape index (κ1) is 16.7. The molecule has 0 N–H and O–H groups in total. The summed E-state index contributed by atoms with van der Waals surface area (Å²) in [7, 11) is 1.61. The smallest absolute Gasteiger partial charge is 0.161 e. The standard InChI is InChI=1S/C18H21NO4/c1-3-21-17-10-9-15(13-18(17)20-2)14-19-23-12-11-22-16-7-5-4-6-8-16/h4-10,13-14H,3,11-12H2,1-2H3/b19-14+. The summed E-state index contributed by atoms with van der Waals surface area (Å²) in [5, 5.41) is 3.92. The normalized spacial score (nSPS) is 10.5. The average molecular weight is 315 g/mol. The van der Waals surface area contributed by atoms with Crippen LogP contribution in [0.1, 0.15) is 12.5 Å². The lowest BCUT2D eigenvalue weighted by atomic mass is 10.2. The van der Waals surface area contributed by atoms with E-state index in [4.69, 9.17) is 19.0 Å². The van der Waals surface area contributed by atoms with Crippen molar-refractivity contribution in [2.75, 3.05) is 26.9 Å². The van der Waals surface area contributed by atoms with Crippen molar-refractivity contribution in [1.82, 2.24) is 0 Å². The summed E-state index contributed by atoms with van der Waals surface area (Å²) < 4.78 is 16.3. The Labute approximate surface area is 136 Å².